The molecule has 0 aliphatic rings. The second-order valence-electron chi connectivity index (χ2n) is 28.5. The minimum Gasteiger partial charge on any atom is -0.356 e. The molecular weight excluding hydrogens is 1570 g/mol. The number of hydrogen-bond donors (Lipinski definition) is 15. The Labute approximate surface area is 690 Å². The van der Waals surface area contributed by atoms with Gasteiger partial charge < -0.3 is 130 Å². The molecule has 0 atom stereocenters. The van der Waals surface area contributed by atoms with E-state index in [2.05, 4.69) is 99.7 Å². The van der Waals surface area contributed by atoms with Gasteiger partial charge >= 0.3 is 0 Å². The largest absolute Gasteiger partial charge is 0.356 e. The van der Waals surface area contributed by atoms with Crippen LogP contribution in [0.2, 0.25) is 0 Å². The highest BCUT2D eigenvalue weighted by atomic mass is 16.2. The van der Waals surface area contributed by atoms with Gasteiger partial charge in [0.25, 0.3) is 59.1 Å². The molecule has 638 valence electrons. The van der Waals surface area contributed by atoms with E-state index in [0.717, 1.165) is 13.0 Å². The number of nitrogens with one attached hydrogen (secondary N) is 15. The van der Waals surface area contributed by atoms with E-state index in [1.54, 1.807) is 73.3 Å². The van der Waals surface area contributed by atoms with Crippen molar-refractivity contribution in [3.05, 3.63) is 156 Å². The molecule has 0 saturated heterocycles. The highest BCUT2D eigenvalue weighted by Crippen LogP contribution is 2.24. The summed E-state index contributed by atoms with van der Waals surface area (Å²) in [6.07, 6.45) is 15.6. The second-order valence-corrected chi connectivity index (χ2v) is 28.5. The van der Waals surface area contributed by atoms with Gasteiger partial charge in [-0.3, -0.25) is 71.9 Å². The van der Waals surface area contributed by atoms with Gasteiger partial charge in [0.05, 0.1) is 34.1 Å². The van der Waals surface area contributed by atoms with Crippen LogP contribution in [0, 0.1) is 0 Å². The Morgan fingerprint density at radius 2 is 0.529 bits per heavy atom. The lowest BCUT2D eigenvalue weighted by Gasteiger charge is -2.10. The molecule has 15 amide bonds. The van der Waals surface area contributed by atoms with Crippen LogP contribution in [0.4, 0.5) is 57.4 Å². The van der Waals surface area contributed by atoms with Crippen molar-refractivity contribution in [2.24, 2.45) is 70.5 Å². The first kappa shape index (κ1) is 87.9. The quantitative estimate of drug-likeness (QED) is 0.0248. The van der Waals surface area contributed by atoms with E-state index in [1.807, 2.05) is 19.0 Å². The van der Waals surface area contributed by atoms with Crippen LogP contribution in [0.5, 0.6) is 0 Å². The zero-order chi connectivity index (χ0) is 87.8. The zero-order valence-corrected chi connectivity index (χ0v) is 68.6. The van der Waals surface area contributed by atoms with Crippen molar-refractivity contribution in [2.75, 3.05) is 107 Å². The summed E-state index contributed by atoms with van der Waals surface area (Å²) in [7, 11) is 19.7. The van der Waals surface area contributed by atoms with Crippen LogP contribution in [0.3, 0.4) is 0 Å². The van der Waals surface area contributed by atoms with Crippen molar-refractivity contribution in [3.8, 4) is 0 Å². The Balaban J connectivity index is 0.587. The van der Waals surface area contributed by atoms with Crippen molar-refractivity contribution in [3.63, 3.8) is 0 Å². The first-order valence-corrected chi connectivity index (χ1v) is 37.6. The molecule has 10 heterocycles. The molecule has 10 aromatic rings. The topological polar surface area (TPSA) is 541 Å². The summed E-state index contributed by atoms with van der Waals surface area (Å²) in [6, 6.07) is 8.80. The molecule has 0 spiro atoms. The number of anilines is 10. The van der Waals surface area contributed by atoms with E-state index < -0.39 is 76.8 Å². The third kappa shape index (κ3) is 23.4. The van der Waals surface area contributed by atoms with E-state index >= 15 is 0 Å². The molecule has 0 aliphatic heterocycles. The predicted octanol–water partition coefficient (Wildman–Crippen LogP) is 1.98. The Kier molecular flexibility index (Phi) is 28.3. The lowest BCUT2D eigenvalue weighted by atomic mass is 10.3. The number of aryl methyl sites for hydroxylation is 10. The third-order valence-electron chi connectivity index (χ3n) is 18.3. The Bertz CT molecular complexity index is 5680. The summed E-state index contributed by atoms with van der Waals surface area (Å²) in [6.45, 7) is 2.63. The first-order chi connectivity index (χ1) is 57.4. The maximum Gasteiger partial charge on any atom is 0.292 e. The fourth-order valence-electron chi connectivity index (χ4n) is 12.4. The number of nitrogens with zero attached hydrogens (tertiary/aromatic N) is 15. The van der Waals surface area contributed by atoms with Gasteiger partial charge in [-0.05, 0) is 69.9 Å². The van der Waals surface area contributed by atoms with Crippen molar-refractivity contribution in [1.82, 2.24) is 97.1 Å². The van der Waals surface area contributed by atoms with E-state index in [-0.39, 0.29) is 162 Å². The van der Waals surface area contributed by atoms with Crippen LogP contribution in [-0.4, -0.2) is 212 Å². The van der Waals surface area contributed by atoms with Crippen LogP contribution in [0.25, 0.3) is 0 Å². The Morgan fingerprint density at radius 1 is 0.264 bits per heavy atom. The molecule has 0 aromatic carbocycles. The minimum atomic E-state index is -0.716. The van der Waals surface area contributed by atoms with Gasteiger partial charge in [-0.2, -0.15) is 0 Å². The molecule has 0 radical (unpaired) electrons. The molecule has 0 fully saturated rings. The van der Waals surface area contributed by atoms with Crippen molar-refractivity contribution >= 4 is 146 Å². The molecular formula is C76H94N30O15. The van der Waals surface area contributed by atoms with Crippen molar-refractivity contribution in [1.29, 1.82) is 0 Å². The molecule has 0 unspecified atom stereocenters. The summed E-state index contributed by atoms with van der Waals surface area (Å²) in [5.41, 5.74) is 3.03. The molecule has 15 N–H and O–H groups in total. The monoisotopic (exact) mass is 1670 g/mol. The summed E-state index contributed by atoms with van der Waals surface area (Å²) in [5.74, 6) is -8.00. The summed E-state index contributed by atoms with van der Waals surface area (Å²) < 4.78 is 14.5. The molecule has 10 aromatic heterocycles. The third-order valence-corrected chi connectivity index (χ3v) is 18.3. The average molecular weight is 1670 g/mol. The maximum absolute atomic E-state index is 13.5. The SMILES string of the molecule is CC(=O)Nc1cc(C(=O)Nc2cc(C(=O)Nc3cc(C(=O)Nc4cn(C)c(C(=O)NCCC(=O)Nc5cn(C)c(C(=O)NCCCC(=O)Nc6cc(C(=O)Nc7cc(C(=O)NCCC(=O)Nc8cn(C)c(C(=O)Nc9cn(C)c(C(=O)Nc%10cc(C(=O)NCCC(=O)NCCCN(C)C)n(C)c%10)n9)n8)n(C)c7)n(C)c6)n5)n4)n(C)c3)n(C)c2)n(C)c1. The normalized spacial score (nSPS) is 11.0. The van der Waals surface area contributed by atoms with Gasteiger partial charge in [0.1, 0.15) is 34.2 Å². The molecule has 121 heavy (non-hydrogen) atoms. The molecule has 10 rings (SSSR count). The lowest BCUT2D eigenvalue weighted by molar-refractivity contribution is -0.121. The van der Waals surface area contributed by atoms with E-state index in [9.17, 15) is 71.9 Å². The van der Waals surface area contributed by atoms with Gasteiger partial charge in [-0.25, -0.2) is 19.9 Å². The molecule has 0 aliphatic carbocycles. The van der Waals surface area contributed by atoms with E-state index in [1.165, 1.54) is 148 Å². The number of amides is 15. The standard InChI is InChI=1S/C76H94N30O15/c1-42(107)82-43-26-51(99(6)32-43)69(114)85-46-30-53(101(8)35-46)71(116)86-47-31-54(102(9)36-47)72(117)94-57-40-104(11)64(92-57)74(119)81-24-19-62(111)88-55-38-103(10)63(90-55)73(118)78-20-14-16-60(109)83-44-27-52(100(7)33-44)70(115)84-45-28-49(97(4)34-45)68(113)80-23-18-61(110)89-56-39-105(12)66(91-56)76(121)95-58-41-106(13)65(93-58)75(120)87-48-29-50(98(5)37-48)67(112)79-22-17-59(108)77-21-15-25-96(2)3/h26-41H,14-25H2,1-13H3,(H,77,108)(H,78,118)(H,79,112)(H,80,113)(H,81,119)(H,82,107)(H,83,109)(H,84,115)(H,85,114)(H,86,116)(H,87,120)(H,88,111)(H,89,110)(H,94,117)(H,95,121). The fourth-order valence-corrected chi connectivity index (χ4v) is 12.4. The molecule has 45 nitrogen and oxygen atoms in total. The van der Waals surface area contributed by atoms with Crippen LogP contribution >= 0.6 is 0 Å². The highest BCUT2D eigenvalue weighted by molar-refractivity contribution is 6.10. The van der Waals surface area contributed by atoms with Crippen LogP contribution in [0.15, 0.2) is 98.4 Å². The van der Waals surface area contributed by atoms with E-state index in [0.29, 0.717) is 29.3 Å². The second kappa shape index (κ2) is 39.0. The smallest absolute Gasteiger partial charge is 0.292 e. The van der Waals surface area contributed by atoms with Gasteiger partial charge in [0.15, 0.2) is 23.3 Å². The van der Waals surface area contributed by atoms with Crippen LogP contribution in [-0.2, 0) is 94.4 Å². The summed E-state index contributed by atoms with van der Waals surface area (Å²) in [5, 5.41) is 40.2. The number of imidazole rings is 4. The van der Waals surface area contributed by atoms with Gasteiger partial charge in [-0.15, -0.1) is 0 Å². The number of aromatic nitrogens is 14. The van der Waals surface area contributed by atoms with E-state index in [4.69, 9.17) is 0 Å². The Morgan fingerprint density at radius 3 is 0.893 bits per heavy atom. The predicted molar refractivity (Wildman–Crippen MR) is 442 cm³/mol. The molecule has 0 bridgehead atoms. The van der Waals surface area contributed by atoms with Gasteiger partial charge in [0.2, 0.25) is 52.8 Å². The maximum atomic E-state index is 13.5. The van der Waals surface area contributed by atoms with Crippen LogP contribution < -0.4 is 79.8 Å². The average Bonchev–Trinajstić information content (AvgIpc) is 1.68. The molecule has 45 heteroatoms. The van der Waals surface area contributed by atoms with Gasteiger partial charge in [0, 0.05) is 198 Å². The molecule has 0 saturated carbocycles. The van der Waals surface area contributed by atoms with Crippen molar-refractivity contribution < 1.29 is 71.9 Å². The highest BCUT2D eigenvalue weighted by Gasteiger charge is 2.27. The van der Waals surface area contributed by atoms with Crippen LogP contribution in [0.1, 0.15) is 151 Å². The number of rotatable bonds is 37. The lowest BCUT2D eigenvalue weighted by Crippen LogP contribution is -2.32. The fraction of sp³-hybridized carbons (Fsp3) is 0.329. The minimum absolute atomic E-state index is 0.0111. The van der Waals surface area contributed by atoms with Crippen molar-refractivity contribution in [2.45, 2.75) is 45.4 Å². The number of carbonyl (C=O) groups excluding carboxylic acids is 15. The van der Waals surface area contributed by atoms with Gasteiger partial charge in [-0.1, -0.05) is 0 Å². The number of hydrogen-bond acceptors (Lipinski definition) is 20. The first-order valence-electron chi connectivity index (χ1n) is 37.6. The zero-order valence-electron chi connectivity index (χ0n) is 68.6. The number of carbonyl (C=O) groups is 15. The summed E-state index contributed by atoms with van der Waals surface area (Å²) >= 11 is 0. The summed E-state index contributed by atoms with van der Waals surface area (Å²) in [4.78, 5) is 214. The Hall–Kier alpha value is -15.5.